The van der Waals surface area contributed by atoms with E-state index in [0.29, 0.717) is 26.0 Å². The molecule has 0 saturated carbocycles. The molecule has 72 valence electrons. The van der Waals surface area contributed by atoms with E-state index in [1.165, 1.54) is 5.06 Å². The predicted octanol–water partition coefficient (Wildman–Crippen LogP) is -0.144. The van der Waals surface area contributed by atoms with Crippen LogP contribution in [0.4, 0.5) is 0 Å². The minimum Gasteiger partial charge on any atom is -0.452 e. The van der Waals surface area contributed by atoms with Crippen LogP contribution in [0.1, 0.15) is 19.3 Å². The molecule has 0 aromatic heterocycles. The van der Waals surface area contributed by atoms with Gasteiger partial charge >= 0.3 is 5.97 Å². The third-order valence-electron chi connectivity index (χ3n) is 2.16. The first-order chi connectivity index (χ1) is 6.27. The van der Waals surface area contributed by atoms with Gasteiger partial charge in [0, 0.05) is 12.8 Å². The summed E-state index contributed by atoms with van der Waals surface area (Å²) in [4.78, 5) is 27.3. The van der Waals surface area contributed by atoms with Crippen molar-refractivity contribution in [1.82, 2.24) is 5.06 Å². The largest absolute Gasteiger partial charge is 0.452 e. The molecule has 0 N–H and O–H groups in total. The van der Waals surface area contributed by atoms with Crippen LogP contribution in [0.2, 0.25) is 0 Å². The lowest BCUT2D eigenvalue weighted by molar-refractivity contribution is -0.180. The molecule has 2 rings (SSSR count). The van der Waals surface area contributed by atoms with Crippen molar-refractivity contribution >= 4 is 11.9 Å². The Kier molecular flexibility index (Phi) is 2.18. The molecule has 5 nitrogen and oxygen atoms in total. The predicted molar refractivity (Wildman–Crippen MR) is 41.4 cm³/mol. The van der Waals surface area contributed by atoms with E-state index in [-0.39, 0.29) is 11.9 Å². The van der Waals surface area contributed by atoms with Crippen molar-refractivity contribution in [1.29, 1.82) is 0 Å². The number of amides is 1. The zero-order valence-electron chi connectivity index (χ0n) is 7.19. The van der Waals surface area contributed by atoms with Gasteiger partial charge in [0.2, 0.25) is 0 Å². The molecule has 1 amide bonds. The van der Waals surface area contributed by atoms with Gasteiger partial charge in [-0.15, -0.1) is 0 Å². The number of hydroxylamine groups is 2. The van der Waals surface area contributed by atoms with E-state index in [0.717, 1.165) is 6.42 Å². The maximum atomic E-state index is 11.5. The smallest absolute Gasteiger partial charge is 0.306 e. The molecule has 5 heteroatoms. The van der Waals surface area contributed by atoms with Gasteiger partial charge in [-0.3, -0.25) is 14.4 Å². The highest BCUT2D eigenvalue weighted by molar-refractivity contribution is 5.85. The Bertz CT molecular complexity index is 234. The molecule has 0 radical (unpaired) electrons. The first-order valence-corrected chi connectivity index (χ1v) is 4.41. The van der Waals surface area contributed by atoms with Crippen molar-refractivity contribution < 1.29 is 19.2 Å². The van der Waals surface area contributed by atoms with Gasteiger partial charge in [-0.1, -0.05) is 0 Å². The molecule has 2 aliphatic heterocycles. The molecule has 2 fully saturated rings. The monoisotopic (exact) mass is 185 g/mol. The van der Waals surface area contributed by atoms with Crippen molar-refractivity contribution in [2.24, 2.45) is 0 Å². The van der Waals surface area contributed by atoms with Crippen LogP contribution in [0, 0.1) is 0 Å². The molecule has 0 aromatic rings. The quantitative estimate of drug-likeness (QED) is 0.533. The van der Waals surface area contributed by atoms with E-state index in [9.17, 15) is 9.59 Å². The minimum absolute atomic E-state index is 0.219. The number of hydrogen-bond acceptors (Lipinski definition) is 4. The lowest BCUT2D eigenvalue weighted by Gasteiger charge is -2.16. The first kappa shape index (κ1) is 8.50. The standard InChI is InChI=1S/C8H11NO4/c10-7-3-2-6(13-7)8(11)9-4-1-5-12-9/h6H,1-5H2. The summed E-state index contributed by atoms with van der Waals surface area (Å²) >= 11 is 0. The van der Waals surface area contributed by atoms with Crippen LogP contribution in [-0.4, -0.2) is 36.2 Å². The van der Waals surface area contributed by atoms with Crippen molar-refractivity contribution in [2.75, 3.05) is 13.2 Å². The average molecular weight is 185 g/mol. The Morgan fingerprint density at radius 3 is 2.92 bits per heavy atom. The minimum atomic E-state index is -0.606. The second-order valence-electron chi connectivity index (χ2n) is 3.14. The number of carbonyl (C=O) groups excluding carboxylic acids is 2. The maximum Gasteiger partial charge on any atom is 0.306 e. The number of hydrogen-bond donors (Lipinski definition) is 0. The fourth-order valence-corrected chi connectivity index (χ4v) is 1.48. The highest BCUT2D eigenvalue weighted by atomic mass is 16.7. The van der Waals surface area contributed by atoms with E-state index in [4.69, 9.17) is 9.57 Å². The number of nitrogens with zero attached hydrogens (tertiary/aromatic N) is 1. The summed E-state index contributed by atoms with van der Waals surface area (Å²) in [5.74, 6) is -0.513. The molecule has 0 aliphatic carbocycles. The van der Waals surface area contributed by atoms with Gasteiger partial charge in [0.1, 0.15) is 0 Å². The van der Waals surface area contributed by atoms with Crippen molar-refractivity contribution in [3.05, 3.63) is 0 Å². The van der Waals surface area contributed by atoms with Crippen molar-refractivity contribution in [3.8, 4) is 0 Å². The summed E-state index contributed by atoms with van der Waals surface area (Å²) in [6.45, 7) is 1.18. The number of rotatable bonds is 1. The second kappa shape index (κ2) is 3.33. The third-order valence-corrected chi connectivity index (χ3v) is 2.16. The summed E-state index contributed by atoms with van der Waals surface area (Å²) < 4.78 is 4.83. The molecule has 0 bridgehead atoms. The van der Waals surface area contributed by atoms with Crippen molar-refractivity contribution in [3.63, 3.8) is 0 Å². The Morgan fingerprint density at radius 2 is 2.38 bits per heavy atom. The molecule has 0 spiro atoms. The fourth-order valence-electron chi connectivity index (χ4n) is 1.48. The van der Waals surface area contributed by atoms with Crippen LogP contribution in [0.5, 0.6) is 0 Å². The Labute approximate surface area is 75.5 Å². The van der Waals surface area contributed by atoms with Gasteiger partial charge in [-0.2, -0.15) is 0 Å². The summed E-state index contributed by atoms with van der Waals surface area (Å²) in [6.07, 6.45) is 1.07. The average Bonchev–Trinajstić information content (AvgIpc) is 2.72. The van der Waals surface area contributed by atoms with E-state index in [1.54, 1.807) is 0 Å². The number of cyclic esters (lactones) is 1. The van der Waals surface area contributed by atoms with Gasteiger partial charge in [0.25, 0.3) is 5.91 Å². The summed E-state index contributed by atoms with van der Waals surface area (Å²) in [5.41, 5.74) is 0. The van der Waals surface area contributed by atoms with Crippen LogP contribution >= 0.6 is 0 Å². The number of esters is 1. The zero-order valence-corrected chi connectivity index (χ0v) is 7.19. The van der Waals surface area contributed by atoms with E-state index >= 15 is 0 Å². The topological polar surface area (TPSA) is 55.8 Å². The SMILES string of the molecule is O=C1CCC(C(=O)N2CCCO2)O1. The van der Waals surface area contributed by atoms with Crippen LogP contribution in [0.25, 0.3) is 0 Å². The Balaban J connectivity index is 1.92. The van der Waals surface area contributed by atoms with Gasteiger partial charge in [-0.25, -0.2) is 5.06 Å². The molecular weight excluding hydrogens is 174 g/mol. The van der Waals surface area contributed by atoms with Crippen LogP contribution in [0.15, 0.2) is 0 Å². The molecule has 2 aliphatic rings. The first-order valence-electron chi connectivity index (χ1n) is 4.41. The fraction of sp³-hybridized carbons (Fsp3) is 0.750. The van der Waals surface area contributed by atoms with Gasteiger partial charge in [-0.05, 0) is 6.42 Å². The van der Waals surface area contributed by atoms with Gasteiger partial charge in [0.15, 0.2) is 6.10 Å². The molecule has 13 heavy (non-hydrogen) atoms. The zero-order chi connectivity index (χ0) is 9.26. The highest BCUT2D eigenvalue weighted by Crippen LogP contribution is 2.18. The summed E-state index contributed by atoms with van der Waals surface area (Å²) in [5, 5.41) is 1.29. The highest BCUT2D eigenvalue weighted by Gasteiger charge is 2.34. The Hall–Kier alpha value is -1.10. The summed E-state index contributed by atoms with van der Waals surface area (Å²) in [7, 11) is 0. The van der Waals surface area contributed by atoms with Gasteiger partial charge < -0.3 is 4.74 Å². The van der Waals surface area contributed by atoms with Crippen molar-refractivity contribution in [2.45, 2.75) is 25.4 Å². The molecular formula is C8H11NO4. The lowest BCUT2D eigenvalue weighted by Crippen LogP contribution is -2.36. The molecule has 1 unspecified atom stereocenters. The summed E-state index contributed by atoms with van der Waals surface area (Å²) in [6, 6.07) is 0. The third kappa shape index (κ3) is 1.65. The second-order valence-corrected chi connectivity index (χ2v) is 3.14. The molecule has 0 aromatic carbocycles. The van der Waals surface area contributed by atoms with E-state index in [2.05, 4.69) is 0 Å². The van der Waals surface area contributed by atoms with Crippen LogP contribution in [-0.2, 0) is 19.2 Å². The Morgan fingerprint density at radius 1 is 1.54 bits per heavy atom. The van der Waals surface area contributed by atoms with Gasteiger partial charge in [0.05, 0.1) is 13.2 Å². The molecule has 2 saturated heterocycles. The van der Waals surface area contributed by atoms with Crippen LogP contribution in [0.3, 0.4) is 0 Å². The number of carbonyl (C=O) groups is 2. The van der Waals surface area contributed by atoms with E-state index in [1.807, 2.05) is 0 Å². The van der Waals surface area contributed by atoms with Crippen LogP contribution < -0.4 is 0 Å². The molecule has 2 heterocycles. The maximum absolute atomic E-state index is 11.5. The normalized spacial score (nSPS) is 27.8. The molecule has 1 atom stereocenters. The lowest BCUT2D eigenvalue weighted by atomic mass is 10.2. The van der Waals surface area contributed by atoms with E-state index < -0.39 is 6.10 Å². The number of ether oxygens (including phenoxy) is 1.